The van der Waals surface area contributed by atoms with E-state index in [4.69, 9.17) is 5.73 Å². The van der Waals surface area contributed by atoms with Crippen molar-refractivity contribution >= 4 is 16.3 Å². The zero-order valence-electron chi connectivity index (χ0n) is 10.7. The lowest BCUT2D eigenvalue weighted by molar-refractivity contribution is 0.687. The van der Waals surface area contributed by atoms with Gasteiger partial charge in [-0.25, -0.2) is 0 Å². The molecular formula is C13H15N5S. The predicted molar refractivity (Wildman–Crippen MR) is 75.1 cm³/mol. The molecule has 1 atom stereocenters. The summed E-state index contributed by atoms with van der Waals surface area (Å²) in [6.45, 7) is 2.04. The number of hydrogen-bond acceptors (Lipinski definition) is 5. The van der Waals surface area contributed by atoms with E-state index in [1.54, 1.807) is 4.52 Å². The van der Waals surface area contributed by atoms with Crippen molar-refractivity contribution in [3.63, 3.8) is 0 Å². The maximum absolute atomic E-state index is 6.23. The van der Waals surface area contributed by atoms with E-state index in [9.17, 15) is 0 Å². The van der Waals surface area contributed by atoms with Gasteiger partial charge in [0.2, 0.25) is 4.96 Å². The van der Waals surface area contributed by atoms with E-state index >= 15 is 0 Å². The Kier molecular flexibility index (Phi) is 3.27. The van der Waals surface area contributed by atoms with Crippen LogP contribution in [0.5, 0.6) is 0 Å². The van der Waals surface area contributed by atoms with Crippen molar-refractivity contribution in [1.29, 1.82) is 0 Å². The number of nitrogens with zero attached hydrogens (tertiary/aromatic N) is 4. The second kappa shape index (κ2) is 5.07. The van der Waals surface area contributed by atoms with Gasteiger partial charge in [0.25, 0.3) is 0 Å². The largest absolute Gasteiger partial charge is 0.322 e. The van der Waals surface area contributed by atoms with Gasteiger partial charge in [0, 0.05) is 6.42 Å². The SMILES string of the molecule is CCc1nnc2sc(C(N)Cc3ccccc3)nn12. The molecule has 1 aromatic carbocycles. The van der Waals surface area contributed by atoms with Crippen LogP contribution in [0, 0.1) is 0 Å². The monoisotopic (exact) mass is 273 g/mol. The third kappa shape index (κ3) is 2.36. The number of aryl methyl sites for hydroxylation is 1. The number of hydrogen-bond donors (Lipinski definition) is 1. The van der Waals surface area contributed by atoms with Gasteiger partial charge in [-0.05, 0) is 12.0 Å². The maximum Gasteiger partial charge on any atom is 0.234 e. The first kappa shape index (κ1) is 12.3. The fourth-order valence-electron chi connectivity index (χ4n) is 2.00. The third-order valence-electron chi connectivity index (χ3n) is 3.00. The predicted octanol–water partition coefficient (Wildman–Crippen LogP) is 1.99. The molecule has 2 N–H and O–H groups in total. The summed E-state index contributed by atoms with van der Waals surface area (Å²) in [5, 5.41) is 13.6. The molecule has 19 heavy (non-hydrogen) atoms. The Morgan fingerprint density at radius 1 is 1.26 bits per heavy atom. The molecule has 2 heterocycles. The summed E-state index contributed by atoms with van der Waals surface area (Å²) < 4.78 is 1.80. The van der Waals surface area contributed by atoms with Crippen LogP contribution in [0.25, 0.3) is 4.96 Å². The normalized spacial score (nSPS) is 12.9. The molecule has 0 saturated carbocycles. The first-order valence-corrected chi connectivity index (χ1v) is 7.10. The molecular weight excluding hydrogens is 258 g/mol. The van der Waals surface area contributed by atoms with Gasteiger partial charge in [-0.15, -0.1) is 10.2 Å². The molecule has 3 aromatic rings. The molecule has 0 spiro atoms. The highest BCUT2D eigenvalue weighted by Crippen LogP contribution is 2.22. The molecule has 6 heteroatoms. The van der Waals surface area contributed by atoms with Gasteiger partial charge in [-0.2, -0.15) is 9.61 Å². The van der Waals surface area contributed by atoms with E-state index < -0.39 is 0 Å². The van der Waals surface area contributed by atoms with Gasteiger partial charge >= 0.3 is 0 Å². The van der Waals surface area contributed by atoms with Crippen LogP contribution < -0.4 is 5.73 Å². The fourth-order valence-corrected chi connectivity index (χ4v) is 2.86. The van der Waals surface area contributed by atoms with Crippen LogP contribution >= 0.6 is 11.3 Å². The third-order valence-corrected chi connectivity index (χ3v) is 4.03. The summed E-state index contributed by atoms with van der Waals surface area (Å²) in [6.07, 6.45) is 1.60. The van der Waals surface area contributed by atoms with E-state index in [1.165, 1.54) is 16.9 Å². The Bertz CT molecular complexity index is 673. The first-order valence-electron chi connectivity index (χ1n) is 6.28. The summed E-state index contributed by atoms with van der Waals surface area (Å²) in [5.41, 5.74) is 7.45. The maximum atomic E-state index is 6.23. The Labute approximate surface area is 115 Å². The lowest BCUT2D eigenvalue weighted by atomic mass is 10.1. The molecule has 2 aromatic heterocycles. The Morgan fingerprint density at radius 2 is 2.05 bits per heavy atom. The molecule has 0 radical (unpaired) electrons. The molecule has 5 nitrogen and oxygen atoms in total. The number of nitrogens with two attached hydrogens (primary N) is 1. The second-order valence-electron chi connectivity index (χ2n) is 4.40. The minimum atomic E-state index is -0.0983. The summed E-state index contributed by atoms with van der Waals surface area (Å²) in [4.78, 5) is 0.815. The van der Waals surface area contributed by atoms with Crippen LogP contribution in [-0.2, 0) is 12.8 Å². The quantitative estimate of drug-likeness (QED) is 0.789. The molecule has 1 unspecified atom stereocenters. The van der Waals surface area contributed by atoms with Gasteiger partial charge in [0.15, 0.2) is 5.82 Å². The highest BCUT2D eigenvalue weighted by molar-refractivity contribution is 7.16. The van der Waals surface area contributed by atoms with Gasteiger partial charge in [0.05, 0.1) is 6.04 Å². The minimum Gasteiger partial charge on any atom is -0.322 e. The lowest BCUT2D eigenvalue weighted by Crippen LogP contribution is -2.13. The highest BCUT2D eigenvalue weighted by Gasteiger charge is 2.16. The van der Waals surface area contributed by atoms with E-state index in [0.717, 1.165) is 28.6 Å². The van der Waals surface area contributed by atoms with Crippen molar-refractivity contribution in [3.8, 4) is 0 Å². The standard InChI is InChI=1S/C13H15N5S/c1-2-11-15-16-13-18(11)17-12(19-13)10(14)8-9-6-4-3-5-7-9/h3-7,10H,2,8,14H2,1H3. The van der Waals surface area contributed by atoms with Gasteiger partial charge in [0.1, 0.15) is 5.01 Å². The Morgan fingerprint density at radius 3 is 2.79 bits per heavy atom. The van der Waals surface area contributed by atoms with Gasteiger partial charge in [-0.3, -0.25) is 0 Å². The van der Waals surface area contributed by atoms with Crippen molar-refractivity contribution in [2.75, 3.05) is 0 Å². The number of aromatic nitrogens is 4. The van der Waals surface area contributed by atoms with Crippen LogP contribution in [0.2, 0.25) is 0 Å². The van der Waals surface area contributed by atoms with E-state index in [1.807, 2.05) is 25.1 Å². The van der Waals surface area contributed by atoms with Crippen molar-refractivity contribution in [1.82, 2.24) is 19.8 Å². The van der Waals surface area contributed by atoms with E-state index in [2.05, 4.69) is 27.4 Å². The van der Waals surface area contributed by atoms with Crippen molar-refractivity contribution in [2.45, 2.75) is 25.8 Å². The van der Waals surface area contributed by atoms with Gasteiger partial charge in [-0.1, -0.05) is 48.6 Å². The van der Waals surface area contributed by atoms with Crippen molar-refractivity contribution in [3.05, 3.63) is 46.7 Å². The van der Waals surface area contributed by atoms with Gasteiger partial charge < -0.3 is 5.73 Å². The average Bonchev–Trinajstić information content (AvgIpc) is 2.99. The molecule has 0 aliphatic heterocycles. The zero-order chi connectivity index (χ0) is 13.2. The second-order valence-corrected chi connectivity index (χ2v) is 5.39. The van der Waals surface area contributed by atoms with Crippen molar-refractivity contribution in [2.24, 2.45) is 5.73 Å². The molecule has 0 aliphatic rings. The summed E-state index contributed by atoms with van der Waals surface area (Å²) in [7, 11) is 0. The van der Waals surface area contributed by atoms with Crippen LogP contribution in [0.15, 0.2) is 30.3 Å². The summed E-state index contributed by atoms with van der Waals surface area (Å²) in [6, 6.07) is 10.1. The minimum absolute atomic E-state index is 0.0983. The van der Waals surface area contributed by atoms with Crippen LogP contribution in [-0.4, -0.2) is 19.8 Å². The van der Waals surface area contributed by atoms with Crippen LogP contribution in [0.1, 0.15) is 29.4 Å². The van der Waals surface area contributed by atoms with E-state index in [-0.39, 0.29) is 6.04 Å². The smallest absolute Gasteiger partial charge is 0.234 e. The topological polar surface area (TPSA) is 69.1 Å². The fraction of sp³-hybridized carbons (Fsp3) is 0.308. The molecule has 3 rings (SSSR count). The number of benzene rings is 1. The van der Waals surface area contributed by atoms with E-state index in [0.29, 0.717) is 0 Å². The highest BCUT2D eigenvalue weighted by atomic mass is 32.1. The lowest BCUT2D eigenvalue weighted by Gasteiger charge is -2.07. The average molecular weight is 273 g/mol. The Balaban J connectivity index is 1.85. The molecule has 0 fully saturated rings. The zero-order valence-corrected chi connectivity index (χ0v) is 11.5. The molecule has 0 amide bonds. The molecule has 0 bridgehead atoms. The molecule has 0 saturated heterocycles. The summed E-state index contributed by atoms with van der Waals surface area (Å²) in [5.74, 6) is 0.879. The first-order chi connectivity index (χ1) is 9.28. The van der Waals surface area contributed by atoms with Crippen LogP contribution in [0.3, 0.4) is 0 Å². The number of fused-ring (bicyclic) bond motifs is 1. The molecule has 98 valence electrons. The van der Waals surface area contributed by atoms with Crippen LogP contribution in [0.4, 0.5) is 0 Å². The number of rotatable bonds is 4. The summed E-state index contributed by atoms with van der Waals surface area (Å²) >= 11 is 1.51. The van der Waals surface area contributed by atoms with Crippen molar-refractivity contribution < 1.29 is 0 Å². The Hall–Kier alpha value is -1.79. The molecule has 0 aliphatic carbocycles.